The van der Waals surface area contributed by atoms with E-state index in [4.69, 9.17) is 4.74 Å². The summed E-state index contributed by atoms with van der Waals surface area (Å²) >= 11 is 0. The second-order valence-corrected chi connectivity index (χ2v) is 12.8. The molecule has 3 aromatic carbocycles. The van der Waals surface area contributed by atoms with E-state index in [1.165, 1.54) is 4.90 Å². The predicted molar refractivity (Wildman–Crippen MR) is 177 cm³/mol. The Morgan fingerprint density at radius 2 is 1.59 bits per heavy atom. The number of nitrogens with zero attached hydrogens (tertiary/aromatic N) is 1. The third-order valence-electron chi connectivity index (χ3n) is 7.53. The van der Waals surface area contributed by atoms with Crippen molar-refractivity contribution in [1.29, 1.82) is 0 Å². The van der Waals surface area contributed by atoms with E-state index in [0.29, 0.717) is 23.2 Å². The van der Waals surface area contributed by atoms with Crippen LogP contribution in [-0.4, -0.2) is 46.1 Å². The number of hydrogen-bond donors (Lipinski definition) is 3. The summed E-state index contributed by atoms with van der Waals surface area (Å²) in [6.07, 6.45) is 3.99. The molecule has 0 fully saturated rings. The van der Waals surface area contributed by atoms with E-state index in [2.05, 4.69) is 17.6 Å². The molecule has 3 N–H and O–H groups in total. The quantitative estimate of drug-likeness (QED) is 0.172. The molecule has 2 atom stereocenters. The molecule has 0 heterocycles. The van der Waals surface area contributed by atoms with E-state index in [0.717, 1.165) is 36.5 Å². The van der Waals surface area contributed by atoms with E-state index in [9.17, 15) is 19.5 Å². The molecule has 44 heavy (non-hydrogen) atoms. The molecule has 0 radical (unpaired) electrons. The molecule has 0 aromatic heterocycles. The fourth-order valence-corrected chi connectivity index (χ4v) is 5.21. The van der Waals surface area contributed by atoms with Gasteiger partial charge in [-0.1, -0.05) is 95.0 Å². The molecule has 238 valence electrons. The average molecular weight is 604 g/mol. The van der Waals surface area contributed by atoms with Gasteiger partial charge in [-0.2, -0.15) is 0 Å². The van der Waals surface area contributed by atoms with Gasteiger partial charge in [0.05, 0.1) is 0 Å². The van der Waals surface area contributed by atoms with Crippen molar-refractivity contribution >= 4 is 34.4 Å². The van der Waals surface area contributed by atoms with E-state index in [1.54, 1.807) is 45.9 Å². The number of unbranched alkanes of at least 4 members (excludes halogenated alkanes) is 4. The van der Waals surface area contributed by atoms with E-state index in [1.807, 2.05) is 56.3 Å². The number of alkyl carbamates (subject to hydrolysis) is 1. The van der Waals surface area contributed by atoms with Gasteiger partial charge in [0.2, 0.25) is 5.91 Å². The Kier molecular flexibility index (Phi) is 12.2. The Hall–Kier alpha value is -4.07. The number of aryl methyl sites for hydroxylation is 1. The topological polar surface area (TPSA) is 108 Å². The minimum atomic E-state index is -1.15. The van der Waals surface area contributed by atoms with Gasteiger partial charge in [-0.05, 0) is 68.5 Å². The minimum absolute atomic E-state index is 0.0452. The number of benzene rings is 3. The highest BCUT2D eigenvalue weighted by Crippen LogP contribution is 2.34. The highest BCUT2D eigenvalue weighted by molar-refractivity contribution is 6.00. The van der Waals surface area contributed by atoms with Crippen molar-refractivity contribution < 1.29 is 24.2 Å². The number of hydrogen-bond acceptors (Lipinski definition) is 5. The van der Waals surface area contributed by atoms with Crippen molar-refractivity contribution in [3.8, 4) is 5.75 Å². The van der Waals surface area contributed by atoms with Crippen molar-refractivity contribution in [2.24, 2.45) is 5.92 Å². The first-order valence-corrected chi connectivity index (χ1v) is 15.7. The number of rotatable bonds is 13. The van der Waals surface area contributed by atoms with Crippen LogP contribution >= 0.6 is 0 Å². The summed E-state index contributed by atoms with van der Waals surface area (Å²) < 4.78 is 5.48. The number of carbonyl (C=O) groups excluding carboxylic acids is 3. The van der Waals surface area contributed by atoms with Crippen molar-refractivity contribution in [2.45, 2.75) is 98.3 Å². The third-order valence-corrected chi connectivity index (χ3v) is 7.53. The molecule has 0 aliphatic heterocycles. The Labute approximate surface area is 262 Å². The third kappa shape index (κ3) is 9.46. The van der Waals surface area contributed by atoms with Crippen molar-refractivity contribution in [2.75, 3.05) is 11.9 Å². The van der Waals surface area contributed by atoms with Crippen molar-refractivity contribution in [1.82, 2.24) is 10.2 Å². The van der Waals surface area contributed by atoms with Gasteiger partial charge < -0.3 is 25.4 Å². The number of fused-ring (bicyclic) bond motifs is 1. The van der Waals surface area contributed by atoms with Gasteiger partial charge in [0.25, 0.3) is 5.91 Å². The number of para-hydroxylation sites is 1. The maximum Gasteiger partial charge on any atom is 0.408 e. The first kappa shape index (κ1) is 34.4. The number of phenols is 1. The Balaban J connectivity index is 2.06. The number of carbonyl (C=O) groups is 3. The number of ether oxygens (including phenoxy) is 1. The van der Waals surface area contributed by atoms with Gasteiger partial charge in [0.1, 0.15) is 23.4 Å². The zero-order chi connectivity index (χ0) is 32.4. The van der Waals surface area contributed by atoms with Gasteiger partial charge in [-0.15, -0.1) is 0 Å². The number of phenolic OH excluding ortho intramolecular Hbond substituents is 1. The summed E-state index contributed by atoms with van der Waals surface area (Å²) in [6.45, 7) is 13.1. The van der Waals surface area contributed by atoms with E-state index >= 15 is 0 Å². The van der Waals surface area contributed by atoms with Crippen LogP contribution in [0.5, 0.6) is 5.75 Å². The van der Waals surface area contributed by atoms with Gasteiger partial charge in [0, 0.05) is 17.8 Å². The second-order valence-electron chi connectivity index (χ2n) is 12.8. The monoisotopic (exact) mass is 603 g/mol. The van der Waals surface area contributed by atoms with Crippen LogP contribution < -0.4 is 10.6 Å². The Morgan fingerprint density at radius 1 is 0.909 bits per heavy atom. The molecule has 0 bridgehead atoms. The fraction of sp³-hybridized carbons (Fsp3) is 0.472. The summed E-state index contributed by atoms with van der Waals surface area (Å²) in [4.78, 5) is 43.1. The Bertz CT molecular complexity index is 1430. The van der Waals surface area contributed by atoms with Crippen LogP contribution in [0.2, 0.25) is 0 Å². The molecule has 3 aromatic rings. The van der Waals surface area contributed by atoms with Crippen LogP contribution in [0.4, 0.5) is 10.5 Å². The highest BCUT2D eigenvalue weighted by atomic mass is 16.6. The number of anilines is 1. The lowest BCUT2D eigenvalue weighted by molar-refractivity contribution is -0.141. The molecule has 0 saturated carbocycles. The highest BCUT2D eigenvalue weighted by Gasteiger charge is 2.38. The molecule has 0 saturated heterocycles. The molecule has 0 aliphatic carbocycles. The van der Waals surface area contributed by atoms with Gasteiger partial charge in [0.15, 0.2) is 0 Å². The maximum absolute atomic E-state index is 14.4. The van der Waals surface area contributed by atoms with Crippen LogP contribution in [-0.2, 0) is 14.3 Å². The van der Waals surface area contributed by atoms with E-state index in [-0.39, 0.29) is 18.2 Å². The summed E-state index contributed by atoms with van der Waals surface area (Å²) in [5, 5.41) is 19.0. The predicted octanol–water partition coefficient (Wildman–Crippen LogP) is 7.88. The Morgan fingerprint density at radius 3 is 2.25 bits per heavy atom. The fourth-order valence-electron chi connectivity index (χ4n) is 5.21. The zero-order valence-electron chi connectivity index (χ0n) is 27.3. The minimum Gasteiger partial charge on any atom is -0.507 e. The summed E-state index contributed by atoms with van der Waals surface area (Å²) in [5.74, 6) is -1.21. The number of amides is 3. The molecular weight excluding hydrogens is 554 g/mol. The average Bonchev–Trinajstić information content (AvgIpc) is 2.95. The second kappa shape index (κ2) is 15.6. The molecule has 2 unspecified atom stereocenters. The normalized spacial score (nSPS) is 12.9. The van der Waals surface area contributed by atoms with Crippen LogP contribution in [0, 0.1) is 12.8 Å². The molecule has 8 nitrogen and oxygen atoms in total. The van der Waals surface area contributed by atoms with Crippen molar-refractivity contribution in [3.63, 3.8) is 0 Å². The largest absolute Gasteiger partial charge is 0.507 e. The first-order valence-electron chi connectivity index (χ1n) is 15.7. The first-order chi connectivity index (χ1) is 20.8. The van der Waals surface area contributed by atoms with Gasteiger partial charge >= 0.3 is 6.09 Å². The van der Waals surface area contributed by atoms with Gasteiger partial charge in [-0.3, -0.25) is 9.59 Å². The molecule has 3 rings (SSSR count). The van der Waals surface area contributed by atoms with E-state index < -0.39 is 35.6 Å². The summed E-state index contributed by atoms with van der Waals surface area (Å²) in [6, 6.07) is 16.6. The molecule has 0 spiro atoms. The van der Waals surface area contributed by atoms with Crippen molar-refractivity contribution in [3.05, 3.63) is 71.8 Å². The smallest absolute Gasteiger partial charge is 0.408 e. The number of aromatic hydroxyl groups is 1. The van der Waals surface area contributed by atoms with Crippen LogP contribution in [0.3, 0.4) is 0 Å². The lowest BCUT2D eigenvalue weighted by Crippen LogP contribution is -2.54. The standard InChI is InChI=1S/C36H49N3O5/c1-8-9-10-11-14-22-39(34(42)30(24(2)3)38-35(43)44-36(5,6)7)31(29-19-15-16-25(4)32(29)40)33(41)37-28-21-20-26-17-12-13-18-27(26)23-28/h12-13,15-21,23-24,30-31,40H,8-11,14,22H2,1-7H3,(H,37,41)(H,38,43). The molecule has 3 amide bonds. The number of nitrogens with one attached hydrogen (secondary N) is 2. The summed E-state index contributed by atoms with van der Waals surface area (Å²) in [5.41, 5.74) is 0.746. The van der Waals surface area contributed by atoms with Crippen LogP contribution in [0.15, 0.2) is 60.7 Å². The summed E-state index contributed by atoms with van der Waals surface area (Å²) in [7, 11) is 0. The lowest BCUT2D eigenvalue weighted by atomic mass is 9.96. The zero-order valence-corrected chi connectivity index (χ0v) is 27.3. The molecule has 8 heteroatoms. The van der Waals surface area contributed by atoms with Crippen LogP contribution in [0.25, 0.3) is 10.8 Å². The maximum atomic E-state index is 14.4. The molecule has 0 aliphatic rings. The van der Waals surface area contributed by atoms with Crippen LogP contribution in [0.1, 0.15) is 90.8 Å². The molecular formula is C36H49N3O5. The lowest BCUT2D eigenvalue weighted by Gasteiger charge is -2.36. The van der Waals surface area contributed by atoms with Gasteiger partial charge in [-0.25, -0.2) is 4.79 Å². The SMILES string of the molecule is CCCCCCCN(C(=O)C(NC(=O)OC(C)(C)C)C(C)C)C(C(=O)Nc1ccc2ccccc2c1)c1cccc(C)c1O.